The third-order valence-electron chi connectivity index (χ3n) is 6.62. The highest BCUT2D eigenvalue weighted by atomic mass is 79.9. The van der Waals surface area contributed by atoms with Crippen LogP contribution in [0.4, 0.5) is 10.1 Å². The van der Waals surface area contributed by atoms with Crippen molar-refractivity contribution in [1.82, 2.24) is 10.3 Å². The zero-order valence-electron chi connectivity index (χ0n) is 21.3. The quantitative estimate of drug-likeness (QED) is 0.185. The lowest BCUT2D eigenvalue weighted by molar-refractivity contribution is 0.413. The summed E-state index contributed by atoms with van der Waals surface area (Å²) >= 11 is 9.28. The molecule has 1 N–H and O–H groups in total. The molecule has 2 atom stereocenters. The van der Waals surface area contributed by atoms with Crippen LogP contribution in [0.25, 0.3) is 11.3 Å². The summed E-state index contributed by atoms with van der Waals surface area (Å²) in [5, 5.41) is 3.98. The topological polar surface area (TPSA) is 59.8 Å². The van der Waals surface area contributed by atoms with Crippen LogP contribution in [-0.4, -0.2) is 17.2 Å². The Hall–Kier alpha value is -4.21. The van der Waals surface area contributed by atoms with E-state index in [9.17, 15) is 4.39 Å². The monoisotopic (exact) mass is 615 g/mol. The lowest BCUT2D eigenvalue weighted by Crippen LogP contribution is -2.29. The summed E-state index contributed by atoms with van der Waals surface area (Å²) in [7, 11) is 1.63. The molecule has 0 radical (unpaired) electrons. The zero-order chi connectivity index (χ0) is 27.6. The van der Waals surface area contributed by atoms with Crippen molar-refractivity contribution in [3.8, 4) is 28.6 Å². The zero-order valence-corrected chi connectivity index (χ0v) is 23.7. The molecular weight excluding hydrogens is 593 g/mol. The molecule has 40 heavy (non-hydrogen) atoms. The molecular formula is C31H23BrFN3O3S. The van der Waals surface area contributed by atoms with Gasteiger partial charge in [0.1, 0.15) is 40.6 Å². The fourth-order valence-electron chi connectivity index (χ4n) is 4.72. The highest BCUT2D eigenvalue weighted by molar-refractivity contribution is 9.10. The predicted octanol–water partition coefficient (Wildman–Crippen LogP) is 8.22. The Morgan fingerprint density at radius 1 is 0.925 bits per heavy atom. The van der Waals surface area contributed by atoms with Crippen molar-refractivity contribution >= 4 is 38.9 Å². The second-order valence-corrected chi connectivity index (χ2v) is 10.3. The Kier molecular flexibility index (Phi) is 7.23. The number of rotatable bonds is 7. The van der Waals surface area contributed by atoms with E-state index in [2.05, 4.69) is 26.2 Å². The summed E-state index contributed by atoms with van der Waals surface area (Å²) in [6, 6.07) is 28.6. The Morgan fingerprint density at radius 2 is 1.65 bits per heavy atom. The maximum absolute atomic E-state index is 13.7. The molecule has 1 fully saturated rings. The van der Waals surface area contributed by atoms with E-state index < -0.39 is 0 Å². The first-order valence-electron chi connectivity index (χ1n) is 12.5. The smallest absolute Gasteiger partial charge is 0.174 e. The number of furan rings is 1. The molecule has 5 aromatic rings. The summed E-state index contributed by atoms with van der Waals surface area (Å²) in [5.74, 6) is 3.13. The molecule has 3 aromatic carbocycles. The molecule has 0 unspecified atom stereocenters. The summed E-state index contributed by atoms with van der Waals surface area (Å²) in [4.78, 5) is 6.61. The van der Waals surface area contributed by atoms with Gasteiger partial charge in [0.05, 0.1) is 18.8 Å². The minimum absolute atomic E-state index is 0.264. The first-order chi connectivity index (χ1) is 19.5. The SMILES string of the molecule is COc1ccc(Oc2ccc(N3C(=S)N[C@H](c4ccccn4)[C@H]3c3ccc(-c4ccc(F)cc4Br)o3)cc2)cc1. The van der Waals surface area contributed by atoms with Crippen LogP contribution in [-0.2, 0) is 0 Å². The maximum Gasteiger partial charge on any atom is 0.174 e. The number of aromatic nitrogens is 1. The highest BCUT2D eigenvalue weighted by Crippen LogP contribution is 2.44. The van der Waals surface area contributed by atoms with Crippen molar-refractivity contribution in [3.63, 3.8) is 0 Å². The van der Waals surface area contributed by atoms with Gasteiger partial charge >= 0.3 is 0 Å². The number of anilines is 1. The van der Waals surface area contributed by atoms with Crippen LogP contribution < -0.4 is 19.7 Å². The van der Waals surface area contributed by atoms with E-state index in [-0.39, 0.29) is 17.9 Å². The molecule has 6 nitrogen and oxygen atoms in total. The van der Waals surface area contributed by atoms with Gasteiger partial charge in [-0.2, -0.15) is 0 Å². The Bertz CT molecular complexity index is 1650. The van der Waals surface area contributed by atoms with Crippen molar-refractivity contribution in [2.24, 2.45) is 0 Å². The molecule has 0 aliphatic carbocycles. The van der Waals surface area contributed by atoms with Gasteiger partial charge in [-0.1, -0.05) is 6.07 Å². The van der Waals surface area contributed by atoms with Gasteiger partial charge in [-0.15, -0.1) is 0 Å². The molecule has 0 saturated carbocycles. The highest BCUT2D eigenvalue weighted by Gasteiger charge is 2.42. The van der Waals surface area contributed by atoms with E-state index >= 15 is 0 Å². The maximum atomic E-state index is 13.7. The van der Waals surface area contributed by atoms with Crippen LogP contribution in [0.15, 0.2) is 112 Å². The third kappa shape index (κ3) is 5.17. The Morgan fingerprint density at radius 3 is 2.33 bits per heavy atom. The van der Waals surface area contributed by atoms with Crippen LogP contribution in [0.5, 0.6) is 17.2 Å². The average molecular weight is 617 g/mol. The molecule has 0 amide bonds. The molecule has 0 spiro atoms. The van der Waals surface area contributed by atoms with E-state index in [4.69, 9.17) is 26.1 Å². The fourth-order valence-corrected chi connectivity index (χ4v) is 5.61. The van der Waals surface area contributed by atoms with Gasteiger partial charge in [0, 0.05) is 21.9 Å². The third-order valence-corrected chi connectivity index (χ3v) is 7.59. The number of pyridine rings is 1. The standard InChI is InChI=1S/C31H23BrFN3O3S/c1-37-21-10-12-23(13-11-21)38-22-8-6-20(7-9-22)36-30(29(35-31(36)40)26-4-2-3-17-34-26)28-16-15-27(39-28)24-14-5-19(33)18-25(24)32/h2-18,29-30H,1H3,(H,35,40)/t29-,30-/m1/s1. The molecule has 0 bridgehead atoms. The van der Waals surface area contributed by atoms with Crippen LogP contribution in [0.2, 0.25) is 0 Å². The van der Waals surface area contributed by atoms with Gasteiger partial charge in [-0.25, -0.2) is 4.39 Å². The molecule has 3 heterocycles. The number of ether oxygens (including phenoxy) is 2. The minimum Gasteiger partial charge on any atom is -0.497 e. The van der Waals surface area contributed by atoms with Crippen LogP contribution in [0.3, 0.4) is 0 Å². The number of thiocarbonyl (C=S) groups is 1. The number of methoxy groups -OCH3 is 1. The molecule has 9 heteroatoms. The summed E-state index contributed by atoms with van der Waals surface area (Å²) in [6.45, 7) is 0. The molecule has 1 saturated heterocycles. The van der Waals surface area contributed by atoms with E-state index in [1.54, 1.807) is 19.4 Å². The van der Waals surface area contributed by atoms with Crippen molar-refractivity contribution in [1.29, 1.82) is 0 Å². The number of nitrogens with one attached hydrogen (secondary N) is 1. The van der Waals surface area contributed by atoms with Gasteiger partial charge in [0.2, 0.25) is 0 Å². The lowest BCUT2D eigenvalue weighted by Gasteiger charge is -2.26. The number of nitrogens with zero attached hydrogens (tertiary/aromatic N) is 2. The van der Waals surface area contributed by atoms with Crippen molar-refractivity contribution in [2.75, 3.05) is 12.0 Å². The van der Waals surface area contributed by atoms with E-state index in [0.717, 1.165) is 22.7 Å². The molecule has 200 valence electrons. The largest absolute Gasteiger partial charge is 0.497 e. The van der Waals surface area contributed by atoms with Gasteiger partial charge in [0.25, 0.3) is 0 Å². The van der Waals surface area contributed by atoms with Crippen molar-refractivity contribution < 1.29 is 18.3 Å². The van der Waals surface area contributed by atoms with Crippen molar-refractivity contribution in [2.45, 2.75) is 12.1 Å². The van der Waals surface area contributed by atoms with Crippen LogP contribution >= 0.6 is 28.1 Å². The fraction of sp³-hybridized carbons (Fsp3) is 0.0968. The number of halogens is 2. The predicted molar refractivity (Wildman–Crippen MR) is 159 cm³/mol. The van der Waals surface area contributed by atoms with Gasteiger partial charge in [0.15, 0.2) is 5.11 Å². The molecule has 2 aromatic heterocycles. The average Bonchev–Trinajstić information content (AvgIpc) is 3.59. The van der Waals surface area contributed by atoms with Crippen molar-refractivity contribution in [3.05, 3.63) is 125 Å². The minimum atomic E-state index is -0.330. The first-order valence-corrected chi connectivity index (χ1v) is 13.7. The number of benzene rings is 3. The lowest BCUT2D eigenvalue weighted by atomic mass is 10.0. The number of hydrogen-bond acceptors (Lipinski definition) is 5. The van der Waals surface area contributed by atoms with Gasteiger partial charge in [-0.05, 0) is 119 Å². The van der Waals surface area contributed by atoms with Crippen LogP contribution in [0.1, 0.15) is 23.5 Å². The number of hydrogen-bond donors (Lipinski definition) is 1. The summed E-state index contributed by atoms with van der Waals surface area (Å²) in [6.07, 6.45) is 1.76. The Labute approximate surface area is 244 Å². The van der Waals surface area contributed by atoms with E-state index in [1.807, 2.05) is 83.8 Å². The van der Waals surface area contributed by atoms with Gasteiger partial charge < -0.3 is 24.1 Å². The molecule has 1 aliphatic heterocycles. The summed E-state index contributed by atoms with van der Waals surface area (Å²) < 4.78 is 31.9. The normalized spacial score (nSPS) is 16.6. The molecule has 6 rings (SSSR count). The van der Waals surface area contributed by atoms with Gasteiger partial charge in [-0.3, -0.25) is 4.98 Å². The van der Waals surface area contributed by atoms with E-state index in [1.165, 1.54) is 12.1 Å². The Balaban J connectivity index is 1.33. The second-order valence-electron chi connectivity index (χ2n) is 9.09. The summed E-state index contributed by atoms with van der Waals surface area (Å²) in [5.41, 5.74) is 2.45. The molecule has 1 aliphatic rings. The second kappa shape index (κ2) is 11.1. The van der Waals surface area contributed by atoms with Crippen LogP contribution in [0, 0.1) is 5.82 Å². The first kappa shape index (κ1) is 26.0. The van der Waals surface area contributed by atoms with E-state index in [0.29, 0.717) is 32.6 Å².